The molecule has 2 amide bonds. The molecule has 1 fully saturated rings. The normalized spacial score (nSPS) is 13.9. The second-order valence-electron chi connectivity index (χ2n) is 6.99. The van der Waals surface area contributed by atoms with Crippen molar-refractivity contribution in [2.75, 3.05) is 11.2 Å². The Morgan fingerprint density at radius 2 is 1.86 bits per heavy atom. The van der Waals surface area contributed by atoms with Crippen molar-refractivity contribution in [3.63, 3.8) is 0 Å². The van der Waals surface area contributed by atoms with Gasteiger partial charge in [-0.15, -0.1) is 11.6 Å². The van der Waals surface area contributed by atoms with E-state index in [2.05, 4.69) is 15.6 Å². The molecule has 1 aliphatic carbocycles. The molecule has 0 aliphatic heterocycles. The van der Waals surface area contributed by atoms with Gasteiger partial charge in [0.2, 0.25) is 11.9 Å². The van der Waals surface area contributed by atoms with Gasteiger partial charge in [-0.25, -0.2) is 4.98 Å². The van der Waals surface area contributed by atoms with Crippen LogP contribution in [0.3, 0.4) is 0 Å². The Morgan fingerprint density at radius 3 is 2.54 bits per heavy atom. The molecule has 6 nitrogen and oxygen atoms in total. The van der Waals surface area contributed by atoms with Crippen LogP contribution in [0, 0.1) is 0 Å². The van der Waals surface area contributed by atoms with Gasteiger partial charge in [0.1, 0.15) is 5.88 Å². The number of aromatic nitrogens is 2. The molecule has 2 N–H and O–H groups in total. The SMILES string of the molecule is O=C(CCl)Nc1nc2ccccc2n1Cc1ccc(C(=O)NC2CCC2)cc1. The van der Waals surface area contributed by atoms with Crippen molar-refractivity contribution in [2.45, 2.75) is 31.8 Å². The summed E-state index contributed by atoms with van der Waals surface area (Å²) in [6, 6.07) is 15.5. The zero-order valence-electron chi connectivity index (χ0n) is 15.3. The molecule has 0 unspecified atom stereocenters. The molecule has 0 radical (unpaired) electrons. The summed E-state index contributed by atoms with van der Waals surface area (Å²) in [6.45, 7) is 0.517. The van der Waals surface area contributed by atoms with E-state index in [1.165, 1.54) is 6.42 Å². The number of alkyl halides is 1. The maximum absolute atomic E-state index is 12.3. The van der Waals surface area contributed by atoms with Gasteiger partial charge in [0, 0.05) is 11.6 Å². The molecule has 7 heteroatoms. The predicted molar refractivity (Wildman–Crippen MR) is 110 cm³/mol. The van der Waals surface area contributed by atoms with Gasteiger partial charge < -0.3 is 9.88 Å². The minimum Gasteiger partial charge on any atom is -0.349 e. The minimum absolute atomic E-state index is 0.0283. The highest BCUT2D eigenvalue weighted by Gasteiger charge is 2.20. The van der Waals surface area contributed by atoms with Crippen molar-refractivity contribution >= 4 is 40.4 Å². The van der Waals surface area contributed by atoms with Crippen LogP contribution in [0.4, 0.5) is 5.95 Å². The summed E-state index contributed by atoms with van der Waals surface area (Å²) in [5.74, 6) is -0.00661. The van der Waals surface area contributed by atoms with Crippen molar-refractivity contribution in [3.05, 3.63) is 59.7 Å². The fourth-order valence-corrected chi connectivity index (χ4v) is 3.32. The Morgan fingerprint density at radius 1 is 1.11 bits per heavy atom. The molecular formula is C21H21ClN4O2. The molecule has 0 atom stereocenters. The van der Waals surface area contributed by atoms with Gasteiger partial charge in [0.05, 0.1) is 17.6 Å². The zero-order chi connectivity index (χ0) is 19.5. The maximum Gasteiger partial charge on any atom is 0.251 e. The fraction of sp³-hybridized carbons (Fsp3) is 0.286. The molecule has 4 rings (SSSR count). The maximum atomic E-state index is 12.3. The van der Waals surface area contributed by atoms with E-state index >= 15 is 0 Å². The smallest absolute Gasteiger partial charge is 0.251 e. The summed E-state index contributed by atoms with van der Waals surface area (Å²) in [5, 5.41) is 5.80. The lowest BCUT2D eigenvalue weighted by atomic mass is 9.93. The van der Waals surface area contributed by atoms with E-state index in [0.29, 0.717) is 24.1 Å². The Bertz CT molecular complexity index is 1010. The number of imidazole rings is 1. The Kier molecular flexibility index (Phi) is 5.30. The number of anilines is 1. The van der Waals surface area contributed by atoms with Crippen LogP contribution < -0.4 is 10.6 Å². The van der Waals surface area contributed by atoms with Crippen LogP contribution in [0.25, 0.3) is 11.0 Å². The van der Waals surface area contributed by atoms with Gasteiger partial charge in [0.25, 0.3) is 5.91 Å². The van der Waals surface area contributed by atoms with Crippen molar-refractivity contribution in [2.24, 2.45) is 0 Å². The first-order chi connectivity index (χ1) is 13.6. The Hall–Kier alpha value is -2.86. The first kappa shape index (κ1) is 18.5. The van der Waals surface area contributed by atoms with Gasteiger partial charge in [-0.2, -0.15) is 0 Å². The topological polar surface area (TPSA) is 76.0 Å². The van der Waals surface area contributed by atoms with Gasteiger partial charge in [-0.3, -0.25) is 14.9 Å². The number of carbonyl (C=O) groups is 2. The number of hydrogen-bond acceptors (Lipinski definition) is 3. The third kappa shape index (κ3) is 3.87. The van der Waals surface area contributed by atoms with Crippen LogP contribution in [-0.4, -0.2) is 33.3 Å². The average molecular weight is 397 g/mol. The van der Waals surface area contributed by atoms with Gasteiger partial charge in [0.15, 0.2) is 0 Å². The van der Waals surface area contributed by atoms with Crippen LogP contribution >= 0.6 is 11.6 Å². The summed E-state index contributed by atoms with van der Waals surface area (Å²) in [7, 11) is 0. The molecule has 0 saturated heterocycles. The van der Waals surface area contributed by atoms with Crippen LogP contribution in [0.1, 0.15) is 35.2 Å². The summed E-state index contributed by atoms with van der Waals surface area (Å²) < 4.78 is 1.93. The third-order valence-electron chi connectivity index (χ3n) is 5.02. The quantitative estimate of drug-likeness (QED) is 0.625. The second kappa shape index (κ2) is 8.02. The lowest BCUT2D eigenvalue weighted by Crippen LogP contribution is -2.39. The van der Waals surface area contributed by atoms with Gasteiger partial charge in [-0.1, -0.05) is 24.3 Å². The Balaban J connectivity index is 1.56. The molecule has 144 valence electrons. The monoisotopic (exact) mass is 396 g/mol. The van der Waals surface area contributed by atoms with E-state index in [4.69, 9.17) is 11.6 Å². The molecule has 3 aromatic rings. The third-order valence-corrected chi connectivity index (χ3v) is 5.27. The van der Waals surface area contributed by atoms with Crippen LogP contribution in [-0.2, 0) is 11.3 Å². The Labute approximate surface area is 167 Å². The lowest BCUT2D eigenvalue weighted by molar-refractivity contribution is -0.114. The average Bonchev–Trinajstić information content (AvgIpc) is 3.02. The highest BCUT2D eigenvalue weighted by atomic mass is 35.5. The number of amides is 2. The van der Waals surface area contributed by atoms with Crippen molar-refractivity contribution in [3.8, 4) is 0 Å². The van der Waals surface area contributed by atoms with Gasteiger partial charge >= 0.3 is 0 Å². The number of benzene rings is 2. The fourth-order valence-electron chi connectivity index (χ4n) is 3.25. The zero-order valence-corrected chi connectivity index (χ0v) is 16.1. The van der Waals surface area contributed by atoms with Crippen molar-refractivity contribution in [1.82, 2.24) is 14.9 Å². The molecule has 0 spiro atoms. The highest BCUT2D eigenvalue weighted by Crippen LogP contribution is 2.22. The number of nitrogens with one attached hydrogen (secondary N) is 2. The van der Waals surface area contributed by atoms with E-state index < -0.39 is 0 Å². The van der Waals surface area contributed by atoms with Crippen LogP contribution in [0.15, 0.2) is 48.5 Å². The van der Waals surface area contributed by atoms with Crippen molar-refractivity contribution < 1.29 is 9.59 Å². The van der Waals surface area contributed by atoms with E-state index in [1.54, 1.807) is 0 Å². The minimum atomic E-state index is -0.304. The van der Waals surface area contributed by atoms with Crippen LogP contribution in [0.5, 0.6) is 0 Å². The molecule has 0 bridgehead atoms. The standard InChI is InChI=1S/C21H21ClN4O2/c22-12-19(27)25-21-24-17-6-1-2-7-18(17)26(21)13-14-8-10-15(11-9-14)20(28)23-16-4-3-5-16/h1-2,6-11,16H,3-5,12-13H2,(H,23,28)(H,24,25,27). The number of para-hydroxylation sites is 2. The number of halogens is 1. The first-order valence-corrected chi connectivity index (χ1v) is 9.88. The molecule has 1 heterocycles. The molecule has 2 aromatic carbocycles. The predicted octanol–water partition coefficient (Wildman–Crippen LogP) is 3.54. The molecule has 1 aliphatic rings. The summed E-state index contributed by atoms with van der Waals surface area (Å²) in [6.07, 6.45) is 3.31. The second-order valence-corrected chi connectivity index (χ2v) is 7.26. The number of rotatable bonds is 6. The first-order valence-electron chi connectivity index (χ1n) is 9.35. The molecular weight excluding hydrogens is 376 g/mol. The van der Waals surface area contributed by atoms with E-state index in [1.807, 2.05) is 53.1 Å². The number of hydrogen-bond donors (Lipinski definition) is 2. The van der Waals surface area contributed by atoms with Gasteiger partial charge in [-0.05, 0) is 49.1 Å². The van der Waals surface area contributed by atoms with Crippen LogP contribution in [0.2, 0.25) is 0 Å². The molecule has 28 heavy (non-hydrogen) atoms. The largest absolute Gasteiger partial charge is 0.349 e. The summed E-state index contributed by atoms with van der Waals surface area (Å²) in [4.78, 5) is 28.5. The van der Waals surface area contributed by atoms with Crippen molar-refractivity contribution in [1.29, 1.82) is 0 Å². The molecule has 1 saturated carbocycles. The van der Waals surface area contributed by atoms with E-state index in [-0.39, 0.29) is 17.7 Å². The lowest BCUT2D eigenvalue weighted by Gasteiger charge is -2.26. The molecule has 1 aromatic heterocycles. The highest BCUT2D eigenvalue weighted by molar-refractivity contribution is 6.29. The number of nitrogens with zero attached hydrogens (tertiary/aromatic N) is 2. The number of fused-ring (bicyclic) bond motifs is 1. The number of carbonyl (C=O) groups excluding carboxylic acids is 2. The van der Waals surface area contributed by atoms with E-state index in [9.17, 15) is 9.59 Å². The van der Waals surface area contributed by atoms with E-state index in [0.717, 1.165) is 29.4 Å². The summed E-state index contributed by atoms with van der Waals surface area (Å²) >= 11 is 5.62. The summed E-state index contributed by atoms with van der Waals surface area (Å²) in [5.41, 5.74) is 3.37.